The molecule has 7 heteroatoms. The van der Waals surface area contributed by atoms with Gasteiger partial charge in [0.1, 0.15) is 5.75 Å². The van der Waals surface area contributed by atoms with Crippen molar-refractivity contribution < 1.29 is 14.3 Å². The first-order valence-electron chi connectivity index (χ1n) is 12.4. The summed E-state index contributed by atoms with van der Waals surface area (Å²) in [6, 6.07) is 9.29. The normalized spacial score (nSPS) is 27.8. The van der Waals surface area contributed by atoms with Gasteiger partial charge in [0.2, 0.25) is 0 Å². The van der Waals surface area contributed by atoms with Crippen LogP contribution in [0, 0.1) is 0 Å². The Morgan fingerprint density at radius 1 is 0.906 bits per heavy atom. The number of fused-ring (bicyclic) bond motifs is 1. The lowest BCUT2D eigenvalue weighted by Crippen LogP contribution is -2.53. The molecule has 0 aromatic heterocycles. The average molecular weight is 441 g/mol. The first-order valence-corrected chi connectivity index (χ1v) is 12.4. The Morgan fingerprint density at radius 3 is 2.25 bits per heavy atom. The summed E-state index contributed by atoms with van der Waals surface area (Å²) in [7, 11) is 1.64. The highest BCUT2D eigenvalue weighted by Gasteiger charge is 2.44. The van der Waals surface area contributed by atoms with Gasteiger partial charge in [-0.15, -0.1) is 0 Å². The highest BCUT2D eigenvalue weighted by Crippen LogP contribution is 2.33. The minimum Gasteiger partial charge on any atom is -0.497 e. The van der Waals surface area contributed by atoms with Crippen molar-refractivity contribution >= 4 is 11.9 Å². The van der Waals surface area contributed by atoms with E-state index < -0.39 is 0 Å². The molecule has 5 rings (SSSR count). The fourth-order valence-electron chi connectivity index (χ4n) is 6.31. The van der Waals surface area contributed by atoms with Gasteiger partial charge in [0.15, 0.2) is 0 Å². The topological polar surface area (TPSA) is 65.1 Å². The second-order valence-electron chi connectivity index (χ2n) is 9.83. The fraction of sp³-hybridized carbons (Fsp3) is 0.680. The molecular weight excluding hydrogens is 404 g/mol. The molecule has 1 N–H and O–H groups in total. The van der Waals surface area contributed by atoms with Crippen LogP contribution in [0.1, 0.15) is 61.7 Å². The molecule has 1 aromatic rings. The standard InChI is InChI=1S/C25H36N4O3/c1-32-21-8-6-18(7-9-21)24(30)28-16-10-19(11-17-28)27-14-12-20(13-15-27)29-23-5-3-2-4-22(23)26-25(29)31/h6-9,19-20,22-23H,2-5,10-17H2,1H3,(H,26,31)/t22-,23-/m0/s1. The van der Waals surface area contributed by atoms with E-state index in [4.69, 9.17) is 4.74 Å². The Kier molecular flexibility index (Phi) is 6.26. The Hall–Kier alpha value is -2.28. The molecule has 3 heterocycles. The van der Waals surface area contributed by atoms with Gasteiger partial charge in [-0.2, -0.15) is 0 Å². The summed E-state index contributed by atoms with van der Waals surface area (Å²) in [6.07, 6.45) is 8.99. The summed E-state index contributed by atoms with van der Waals surface area (Å²) in [6.45, 7) is 3.74. The first-order chi connectivity index (χ1) is 15.6. The number of carbonyl (C=O) groups excluding carboxylic acids is 2. The average Bonchev–Trinajstić information content (AvgIpc) is 3.19. The first kappa shape index (κ1) is 21.6. The SMILES string of the molecule is COc1ccc(C(=O)N2CCC(N3CCC(N4C(=O)N[C@H]5CCCC[C@@H]54)CC3)CC2)cc1. The number of carbonyl (C=O) groups is 2. The van der Waals surface area contributed by atoms with E-state index in [1.54, 1.807) is 7.11 Å². The maximum Gasteiger partial charge on any atom is 0.318 e. The summed E-state index contributed by atoms with van der Waals surface area (Å²) in [4.78, 5) is 32.3. The number of nitrogens with one attached hydrogen (secondary N) is 1. The molecule has 3 saturated heterocycles. The number of likely N-dealkylation sites (tertiary alicyclic amines) is 2. The fourth-order valence-corrected chi connectivity index (χ4v) is 6.31. The zero-order valence-electron chi connectivity index (χ0n) is 19.2. The minimum absolute atomic E-state index is 0.117. The van der Waals surface area contributed by atoms with E-state index >= 15 is 0 Å². The van der Waals surface area contributed by atoms with Gasteiger partial charge in [0.05, 0.1) is 19.2 Å². The monoisotopic (exact) mass is 440 g/mol. The van der Waals surface area contributed by atoms with Crippen LogP contribution in [0.25, 0.3) is 0 Å². The summed E-state index contributed by atoms with van der Waals surface area (Å²) in [5.41, 5.74) is 0.731. The van der Waals surface area contributed by atoms with Crippen molar-refractivity contribution in [3.8, 4) is 5.75 Å². The van der Waals surface area contributed by atoms with Crippen LogP contribution in [0.2, 0.25) is 0 Å². The van der Waals surface area contributed by atoms with Crippen LogP contribution < -0.4 is 10.1 Å². The number of urea groups is 1. The summed E-state index contributed by atoms with van der Waals surface area (Å²) < 4.78 is 5.19. The molecule has 0 radical (unpaired) electrons. The van der Waals surface area contributed by atoms with Crippen molar-refractivity contribution in [2.75, 3.05) is 33.3 Å². The van der Waals surface area contributed by atoms with Gasteiger partial charge in [-0.05, 0) is 62.8 Å². The van der Waals surface area contributed by atoms with Gasteiger partial charge in [-0.1, -0.05) is 12.8 Å². The Morgan fingerprint density at radius 2 is 1.56 bits per heavy atom. The lowest BCUT2D eigenvalue weighted by Gasteiger charge is -2.44. The summed E-state index contributed by atoms with van der Waals surface area (Å²) >= 11 is 0. The van der Waals surface area contributed by atoms with Crippen LogP contribution in [0.5, 0.6) is 5.75 Å². The number of ether oxygens (including phenoxy) is 1. The number of amides is 3. The Bertz CT molecular complexity index is 813. The maximum absolute atomic E-state index is 12.8. The number of benzene rings is 1. The number of hydrogen-bond donors (Lipinski definition) is 1. The summed E-state index contributed by atoms with van der Waals surface area (Å²) in [5, 5.41) is 3.24. The molecular formula is C25H36N4O3. The van der Waals surface area contributed by atoms with E-state index in [1.165, 1.54) is 12.8 Å². The molecule has 32 heavy (non-hydrogen) atoms. The molecule has 174 valence electrons. The van der Waals surface area contributed by atoms with E-state index in [0.29, 0.717) is 24.2 Å². The molecule has 3 amide bonds. The number of methoxy groups -OCH3 is 1. The number of piperidine rings is 2. The second-order valence-corrected chi connectivity index (χ2v) is 9.83. The quantitative estimate of drug-likeness (QED) is 0.781. The number of nitrogens with zero attached hydrogens (tertiary/aromatic N) is 3. The molecule has 4 aliphatic rings. The zero-order valence-corrected chi connectivity index (χ0v) is 19.2. The van der Waals surface area contributed by atoms with E-state index in [0.717, 1.165) is 76.0 Å². The molecule has 2 atom stereocenters. The van der Waals surface area contributed by atoms with Gasteiger partial charge in [-0.3, -0.25) is 4.79 Å². The van der Waals surface area contributed by atoms with Crippen molar-refractivity contribution in [2.24, 2.45) is 0 Å². The molecule has 3 aliphatic heterocycles. The molecule has 1 aromatic carbocycles. The molecule has 1 aliphatic carbocycles. The largest absolute Gasteiger partial charge is 0.497 e. The maximum atomic E-state index is 12.8. The molecule has 1 saturated carbocycles. The Balaban J connectivity index is 1.11. The zero-order chi connectivity index (χ0) is 22.1. The van der Waals surface area contributed by atoms with Crippen LogP contribution in [0.15, 0.2) is 24.3 Å². The second kappa shape index (κ2) is 9.30. The lowest BCUT2D eigenvalue weighted by atomic mass is 9.89. The van der Waals surface area contributed by atoms with E-state index in [9.17, 15) is 9.59 Å². The third kappa shape index (κ3) is 4.19. The molecule has 4 fully saturated rings. The van der Waals surface area contributed by atoms with Crippen LogP contribution >= 0.6 is 0 Å². The van der Waals surface area contributed by atoms with Gasteiger partial charge in [0.25, 0.3) is 5.91 Å². The molecule has 0 bridgehead atoms. The van der Waals surface area contributed by atoms with E-state index in [2.05, 4.69) is 15.1 Å². The molecule has 0 unspecified atom stereocenters. The van der Waals surface area contributed by atoms with Crippen LogP contribution in [-0.2, 0) is 0 Å². The molecule has 7 nitrogen and oxygen atoms in total. The smallest absolute Gasteiger partial charge is 0.318 e. The lowest BCUT2D eigenvalue weighted by molar-refractivity contribution is 0.0471. The van der Waals surface area contributed by atoms with Gasteiger partial charge in [-0.25, -0.2) is 4.79 Å². The van der Waals surface area contributed by atoms with Gasteiger partial charge >= 0.3 is 6.03 Å². The van der Waals surface area contributed by atoms with Crippen LogP contribution in [0.3, 0.4) is 0 Å². The van der Waals surface area contributed by atoms with Crippen LogP contribution in [0.4, 0.5) is 4.79 Å². The minimum atomic E-state index is 0.117. The Labute approximate surface area is 191 Å². The van der Waals surface area contributed by atoms with Crippen molar-refractivity contribution in [3.05, 3.63) is 29.8 Å². The highest BCUT2D eigenvalue weighted by molar-refractivity contribution is 5.94. The van der Waals surface area contributed by atoms with Crippen LogP contribution in [-0.4, -0.2) is 84.1 Å². The van der Waals surface area contributed by atoms with Crippen molar-refractivity contribution in [3.63, 3.8) is 0 Å². The predicted molar refractivity (Wildman–Crippen MR) is 123 cm³/mol. The number of rotatable bonds is 4. The third-order valence-electron chi connectivity index (χ3n) is 8.13. The molecule has 0 spiro atoms. The van der Waals surface area contributed by atoms with E-state index in [-0.39, 0.29) is 11.9 Å². The highest BCUT2D eigenvalue weighted by atomic mass is 16.5. The van der Waals surface area contributed by atoms with Crippen molar-refractivity contribution in [1.82, 2.24) is 20.0 Å². The predicted octanol–water partition coefficient (Wildman–Crippen LogP) is 3.10. The van der Waals surface area contributed by atoms with Gasteiger partial charge < -0.3 is 24.8 Å². The third-order valence-corrected chi connectivity index (χ3v) is 8.13. The van der Waals surface area contributed by atoms with Crippen molar-refractivity contribution in [2.45, 2.75) is 75.5 Å². The van der Waals surface area contributed by atoms with Crippen molar-refractivity contribution in [1.29, 1.82) is 0 Å². The van der Waals surface area contributed by atoms with Gasteiger partial charge in [0, 0.05) is 43.8 Å². The number of hydrogen-bond acceptors (Lipinski definition) is 4. The van der Waals surface area contributed by atoms with E-state index in [1.807, 2.05) is 29.2 Å². The summed E-state index contributed by atoms with van der Waals surface area (Å²) in [5.74, 6) is 0.890.